The molecule has 5 rings (SSSR count). The Bertz CT molecular complexity index is 1550. The molecule has 0 spiro atoms. The van der Waals surface area contributed by atoms with Gasteiger partial charge in [0.1, 0.15) is 5.65 Å². The highest BCUT2D eigenvalue weighted by Crippen LogP contribution is 2.31. The zero-order chi connectivity index (χ0) is 23.1. The van der Waals surface area contributed by atoms with Crippen LogP contribution >= 0.6 is 11.6 Å². The molecule has 0 aliphatic carbocycles. The molecule has 7 nitrogen and oxygen atoms in total. The molecule has 0 N–H and O–H groups in total. The van der Waals surface area contributed by atoms with Crippen LogP contribution in [0.5, 0.6) is 0 Å². The Hall–Kier alpha value is -3.71. The van der Waals surface area contributed by atoms with E-state index in [0.717, 1.165) is 35.3 Å². The summed E-state index contributed by atoms with van der Waals surface area (Å²) in [6, 6.07) is 18.7. The van der Waals surface area contributed by atoms with Crippen molar-refractivity contribution in [3.63, 3.8) is 0 Å². The van der Waals surface area contributed by atoms with Crippen LogP contribution in [-0.2, 0) is 6.54 Å². The zero-order valence-corrected chi connectivity index (χ0v) is 19.1. The van der Waals surface area contributed by atoms with Crippen molar-refractivity contribution in [1.82, 2.24) is 23.9 Å². The summed E-state index contributed by atoms with van der Waals surface area (Å²) in [4.78, 5) is 30.7. The van der Waals surface area contributed by atoms with E-state index < -0.39 is 5.69 Å². The normalized spacial score (nSPS) is 11.5. The zero-order valence-electron chi connectivity index (χ0n) is 18.3. The van der Waals surface area contributed by atoms with Crippen molar-refractivity contribution in [2.45, 2.75) is 33.2 Å². The van der Waals surface area contributed by atoms with E-state index >= 15 is 0 Å². The second-order valence-corrected chi connectivity index (χ2v) is 8.40. The number of para-hydroxylation sites is 1. The smallest absolute Gasteiger partial charge is 0.278 e. The molecule has 0 amide bonds. The molecule has 166 valence electrons. The van der Waals surface area contributed by atoms with E-state index in [9.17, 15) is 9.59 Å². The molecule has 0 atom stereocenters. The molecule has 33 heavy (non-hydrogen) atoms. The molecular weight excluding hydrogens is 438 g/mol. The third-order valence-electron chi connectivity index (χ3n) is 5.76. The molecule has 3 aromatic rings. The Morgan fingerprint density at radius 3 is 2.39 bits per heavy atom. The van der Waals surface area contributed by atoms with Crippen molar-refractivity contribution >= 4 is 22.6 Å². The molecule has 0 bridgehead atoms. The first-order chi connectivity index (χ1) is 16.0. The minimum Gasteiger partial charge on any atom is -0.278 e. The van der Waals surface area contributed by atoms with Gasteiger partial charge >= 0.3 is 5.69 Å². The Labute approximate surface area is 194 Å². The number of halogens is 1. The van der Waals surface area contributed by atoms with Gasteiger partial charge in [0.25, 0.3) is 5.56 Å². The Morgan fingerprint density at radius 2 is 1.70 bits per heavy atom. The molecule has 2 aromatic carbocycles. The number of fused-ring (bicyclic) bond motifs is 2. The summed E-state index contributed by atoms with van der Waals surface area (Å²) in [6.45, 7) is 4.27. The summed E-state index contributed by atoms with van der Waals surface area (Å²) in [5.41, 5.74) is 2.56. The predicted octanol–water partition coefficient (Wildman–Crippen LogP) is 4.60. The van der Waals surface area contributed by atoms with Crippen LogP contribution in [0.15, 0.2) is 70.3 Å². The van der Waals surface area contributed by atoms with Crippen molar-refractivity contribution in [1.29, 1.82) is 0 Å². The van der Waals surface area contributed by atoms with Gasteiger partial charge in [-0.25, -0.2) is 9.48 Å². The van der Waals surface area contributed by atoms with Crippen molar-refractivity contribution < 1.29 is 0 Å². The number of aromatic nitrogens is 5. The molecule has 1 aromatic heterocycles. The standard InChI is InChI=1S/C25H22ClN5O2/c1-3-4-14-29-24(32)21-15-20-16(2)28-31(19-8-6-5-7-9-19)23(20)30(22(21)27-25(29)33)18-12-10-17(26)11-13-18/h5-13,15H,3-4,14H2,1-2H3. The topological polar surface area (TPSA) is 74.7 Å². The summed E-state index contributed by atoms with van der Waals surface area (Å²) < 4.78 is 4.86. The number of aryl methyl sites for hydroxylation is 1. The first kappa shape index (κ1) is 21.2. The van der Waals surface area contributed by atoms with Crippen molar-refractivity contribution in [3.8, 4) is 22.8 Å². The predicted molar refractivity (Wildman–Crippen MR) is 130 cm³/mol. The van der Waals surface area contributed by atoms with Gasteiger partial charge in [0.05, 0.1) is 16.9 Å². The van der Waals surface area contributed by atoms with Crippen LogP contribution in [0.4, 0.5) is 0 Å². The highest BCUT2D eigenvalue weighted by atomic mass is 35.5. The van der Waals surface area contributed by atoms with Crippen LogP contribution in [0.1, 0.15) is 25.5 Å². The molecule has 0 saturated heterocycles. The lowest BCUT2D eigenvalue weighted by Crippen LogP contribution is -2.38. The van der Waals surface area contributed by atoms with Crippen LogP contribution in [0.2, 0.25) is 5.02 Å². The summed E-state index contributed by atoms with van der Waals surface area (Å²) in [7, 11) is 0. The van der Waals surface area contributed by atoms with Gasteiger partial charge in [-0.2, -0.15) is 10.1 Å². The highest BCUT2D eigenvalue weighted by molar-refractivity contribution is 6.30. The van der Waals surface area contributed by atoms with Crippen molar-refractivity contribution in [2.24, 2.45) is 0 Å². The lowest BCUT2D eigenvalue weighted by molar-refractivity contribution is 0.582. The largest absolute Gasteiger partial charge is 0.352 e. The molecule has 0 radical (unpaired) electrons. The lowest BCUT2D eigenvalue weighted by Gasteiger charge is -2.18. The monoisotopic (exact) mass is 459 g/mol. The van der Waals surface area contributed by atoms with Gasteiger partial charge in [0.15, 0.2) is 5.82 Å². The number of rotatable bonds is 5. The maximum Gasteiger partial charge on any atom is 0.352 e. The summed E-state index contributed by atoms with van der Waals surface area (Å²) >= 11 is 6.14. The summed E-state index contributed by atoms with van der Waals surface area (Å²) in [5.74, 6) is 0.296. The summed E-state index contributed by atoms with van der Waals surface area (Å²) in [5, 5.41) is 6.16. The van der Waals surface area contributed by atoms with Crippen LogP contribution in [0.3, 0.4) is 0 Å². The fraction of sp³-hybridized carbons (Fsp3) is 0.200. The maximum atomic E-state index is 13.4. The molecule has 0 unspecified atom stereocenters. The fourth-order valence-electron chi connectivity index (χ4n) is 4.09. The average molecular weight is 460 g/mol. The first-order valence-corrected chi connectivity index (χ1v) is 11.2. The molecule has 0 saturated carbocycles. The molecule has 2 aliphatic heterocycles. The number of nitrogens with zero attached hydrogens (tertiary/aromatic N) is 5. The minimum atomic E-state index is -0.550. The molecule has 3 heterocycles. The van der Waals surface area contributed by atoms with Crippen LogP contribution < -0.4 is 11.2 Å². The van der Waals surface area contributed by atoms with Gasteiger partial charge in [-0.15, -0.1) is 0 Å². The van der Waals surface area contributed by atoms with Crippen LogP contribution in [-0.4, -0.2) is 23.9 Å². The maximum absolute atomic E-state index is 13.4. The number of hydrogen-bond donors (Lipinski definition) is 0. The van der Waals surface area contributed by atoms with E-state index in [1.165, 1.54) is 4.57 Å². The Balaban J connectivity index is 1.95. The van der Waals surface area contributed by atoms with Crippen molar-refractivity contribution in [3.05, 3.63) is 92.2 Å². The second kappa shape index (κ2) is 8.33. The number of benzene rings is 2. The number of pyridine rings is 1. The first-order valence-electron chi connectivity index (χ1n) is 10.9. The van der Waals surface area contributed by atoms with Gasteiger partial charge in [-0.1, -0.05) is 43.1 Å². The van der Waals surface area contributed by atoms with E-state index in [1.807, 2.05) is 65.6 Å². The van der Waals surface area contributed by atoms with E-state index in [1.54, 1.807) is 18.2 Å². The molecule has 8 heteroatoms. The summed E-state index contributed by atoms with van der Waals surface area (Å²) in [6.07, 6.45) is 1.60. The van der Waals surface area contributed by atoms with Crippen LogP contribution in [0.25, 0.3) is 33.8 Å². The van der Waals surface area contributed by atoms with E-state index in [2.05, 4.69) is 4.98 Å². The van der Waals surface area contributed by atoms with E-state index in [4.69, 9.17) is 16.7 Å². The third kappa shape index (κ3) is 3.54. The lowest BCUT2D eigenvalue weighted by atomic mass is 10.1. The Morgan fingerprint density at radius 1 is 0.970 bits per heavy atom. The SMILES string of the molecule is CCCCn1c(=O)nc2n(-c3ccc(Cl)cc3)c3c(cc-2c1=O)c(C)nn3-c1ccccc1. The molecule has 2 aliphatic rings. The van der Waals surface area contributed by atoms with Crippen LogP contribution in [0, 0.1) is 6.92 Å². The van der Waals surface area contributed by atoms with Gasteiger partial charge < -0.3 is 0 Å². The van der Waals surface area contributed by atoms with Gasteiger partial charge in [0, 0.05) is 22.6 Å². The average Bonchev–Trinajstić information content (AvgIpc) is 3.15. The van der Waals surface area contributed by atoms with Gasteiger partial charge in [-0.3, -0.25) is 13.9 Å². The third-order valence-corrected chi connectivity index (χ3v) is 6.02. The van der Waals surface area contributed by atoms with Gasteiger partial charge in [-0.05, 0) is 55.8 Å². The van der Waals surface area contributed by atoms with Gasteiger partial charge in [0.2, 0.25) is 0 Å². The van der Waals surface area contributed by atoms with E-state index in [-0.39, 0.29) is 5.56 Å². The molecule has 0 fully saturated rings. The van der Waals surface area contributed by atoms with Crippen molar-refractivity contribution in [2.75, 3.05) is 0 Å². The molecular formula is C25H22ClN5O2. The fourth-order valence-corrected chi connectivity index (χ4v) is 4.22. The number of hydrogen-bond acceptors (Lipinski definition) is 4. The van der Waals surface area contributed by atoms with E-state index in [0.29, 0.717) is 28.6 Å². The number of unbranched alkanes of at least 4 members (excludes halogenated alkanes) is 1. The highest BCUT2D eigenvalue weighted by Gasteiger charge is 2.24. The second-order valence-electron chi connectivity index (χ2n) is 7.97. The minimum absolute atomic E-state index is 0.296. The quantitative estimate of drug-likeness (QED) is 0.385. The Kier molecular flexibility index (Phi) is 5.34.